The number of nitrogens with zero attached hydrogens (tertiary/aromatic N) is 2. The Morgan fingerprint density at radius 3 is 2.83 bits per heavy atom. The second kappa shape index (κ2) is 5.60. The van der Waals surface area contributed by atoms with Gasteiger partial charge in [-0.25, -0.2) is 0 Å². The number of carbonyl (C=O) groups excluding carboxylic acids is 1. The number of amides is 1. The second-order valence-corrected chi connectivity index (χ2v) is 3.69. The molecular weight excluding hydrogens is 226 g/mol. The largest absolute Gasteiger partial charge is 0.322 e. The number of hydrogen-bond acceptors (Lipinski definition) is 3. The summed E-state index contributed by atoms with van der Waals surface area (Å²) < 4.78 is 0. The molecule has 0 spiro atoms. The lowest BCUT2D eigenvalue weighted by Crippen LogP contribution is -2.13. The van der Waals surface area contributed by atoms with E-state index in [0.717, 1.165) is 5.56 Å². The lowest BCUT2D eigenvalue weighted by Gasteiger charge is -2.08. The van der Waals surface area contributed by atoms with Crippen LogP contribution in [0.5, 0.6) is 0 Å². The van der Waals surface area contributed by atoms with E-state index in [1.54, 1.807) is 24.4 Å². The Kier molecular flexibility index (Phi) is 3.67. The van der Waals surface area contributed by atoms with Crippen LogP contribution >= 0.6 is 0 Å². The summed E-state index contributed by atoms with van der Waals surface area (Å²) in [7, 11) is 0. The summed E-state index contributed by atoms with van der Waals surface area (Å²) in [6.45, 7) is 0. The normalized spacial score (nSPS) is 9.50. The molecule has 2 rings (SSSR count). The fourth-order valence-corrected chi connectivity index (χ4v) is 1.57. The van der Waals surface area contributed by atoms with Gasteiger partial charge in [0, 0.05) is 18.1 Å². The summed E-state index contributed by atoms with van der Waals surface area (Å²) in [6.07, 6.45) is 3.38. The molecule has 88 valence electrons. The van der Waals surface area contributed by atoms with Crippen LogP contribution in [0, 0.1) is 11.3 Å². The number of carbonyl (C=O) groups is 1. The van der Waals surface area contributed by atoms with Crippen molar-refractivity contribution in [3.8, 4) is 6.07 Å². The first-order valence-electron chi connectivity index (χ1n) is 5.47. The van der Waals surface area contributed by atoms with Crippen LogP contribution in [0.1, 0.15) is 15.9 Å². The number of benzene rings is 1. The predicted octanol–water partition coefficient (Wildman–Crippen LogP) is 2.40. The molecule has 0 saturated heterocycles. The van der Waals surface area contributed by atoms with Gasteiger partial charge in [-0.1, -0.05) is 18.2 Å². The molecule has 1 amide bonds. The minimum atomic E-state index is -0.228. The molecule has 1 aromatic heterocycles. The molecule has 0 unspecified atom stereocenters. The first-order valence-corrected chi connectivity index (χ1v) is 5.47. The zero-order chi connectivity index (χ0) is 12.8. The summed E-state index contributed by atoms with van der Waals surface area (Å²) in [4.78, 5) is 15.8. The third-order valence-electron chi connectivity index (χ3n) is 2.46. The average molecular weight is 237 g/mol. The zero-order valence-corrected chi connectivity index (χ0v) is 9.63. The first-order chi connectivity index (χ1) is 8.81. The Labute approximate surface area is 105 Å². The highest BCUT2D eigenvalue weighted by molar-refractivity contribution is 6.04. The minimum Gasteiger partial charge on any atom is -0.322 e. The molecule has 1 heterocycles. The van der Waals surface area contributed by atoms with Crippen molar-refractivity contribution >= 4 is 11.6 Å². The van der Waals surface area contributed by atoms with Gasteiger partial charge in [-0.05, 0) is 23.8 Å². The predicted molar refractivity (Wildman–Crippen MR) is 67.9 cm³/mol. The monoisotopic (exact) mass is 237 g/mol. The molecule has 1 N–H and O–H groups in total. The maximum Gasteiger partial charge on any atom is 0.257 e. The molecule has 0 bridgehead atoms. The lowest BCUT2D eigenvalue weighted by atomic mass is 10.1. The molecule has 0 fully saturated rings. The van der Waals surface area contributed by atoms with E-state index >= 15 is 0 Å². The van der Waals surface area contributed by atoms with Gasteiger partial charge in [0.15, 0.2) is 0 Å². The van der Waals surface area contributed by atoms with Crippen molar-refractivity contribution in [1.29, 1.82) is 5.26 Å². The number of pyridine rings is 1. The fourth-order valence-electron chi connectivity index (χ4n) is 1.57. The van der Waals surface area contributed by atoms with Crippen LogP contribution in [0.25, 0.3) is 0 Å². The lowest BCUT2D eigenvalue weighted by molar-refractivity contribution is 0.102. The number of nitriles is 1. The molecule has 2 aromatic rings. The van der Waals surface area contributed by atoms with Crippen molar-refractivity contribution in [3.63, 3.8) is 0 Å². The number of aromatic nitrogens is 1. The maximum atomic E-state index is 11.9. The number of rotatable bonds is 3. The van der Waals surface area contributed by atoms with Gasteiger partial charge >= 0.3 is 0 Å². The van der Waals surface area contributed by atoms with E-state index in [2.05, 4.69) is 16.4 Å². The topological polar surface area (TPSA) is 65.8 Å². The number of para-hydroxylation sites is 1. The molecule has 4 heteroatoms. The highest BCUT2D eigenvalue weighted by Crippen LogP contribution is 2.16. The molecule has 0 atom stereocenters. The van der Waals surface area contributed by atoms with Crippen LogP contribution in [-0.2, 0) is 6.42 Å². The zero-order valence-electron chi connectivity index (χ0n) is 9.63. The van der Waals surface area contributed by atoms with E-state index in [-0.39, 0.29) is 12.3 Å². The van der Waals surface area contributed by atoms with Gasteiger partial charge in [0.2, 0.25) is 0 Å². The molecule has 0 aliphatic heterocycles. The molecule has 1 aromatic carbocycles. The number of nitrogens with one attached hydrogen (secondary N) is 1. The van der Waals surface area contributed by atoms with Crippen LogP contribution in [0.3, 0.4) is 0 Å². The van der Waals surface area contributed by atoms with E-state index < -0.39 is 0 Å². The molecule has 0 saturated carbocycles. The van der Waals surface area contributed by atoms with Crippen LogP contribution in [-0.4, -0.2) is 10.9 Å². The minimum absolute atomic E-state index is 0.228. The van der Waals surface area contributed by atoms with E-state index in [9.17, 15) is 4.79 Å². The van der Waals surface area contributed by atoms with Gasteiger partial charge in [-0.2, -0.15) is 5.26 Å². The van der Waals surface area contributed by atoms with Gasteiger partial charge in [0.1, 0.15) is 0 Å². The smallest absolute Gasteiger partial charge is 0.257 e. The van der Waals surface area contributed by atoms with E-state index in [4.69, 9.17) is 5.26 Å². The summed E-state index contributed by atoms with van der Waals surface area (Å²) in [6, 6.07) is 12.7. The van der Waals surface area contributed by atoms with Crippen molar-refractivity contribution in [2.24, 2.45) is 0 Å². The van der Waals surface area contributed by atoms with Crippen molar-refractivity contribution in [3.05, 3.63) is 59.9 Å². The van der Waals surface area contributed by atoms with Crippen LogP contribution in [0.4, 0.5) is 5.69 Å². The second-order valence-electron chi connectivity index (χ2n) is 3.69. The van der Waals surface area contributed by atoms with E-state index in [0.29, 0.717) is 11.3 Å². The van der Waals surface area contributed by atoms with Crippen LogP contribution in [0.15, 0.2) is 48.8 Å². The summed E-state index contributed by atoms with van der Waals surface area (Å²) in [5, 5.41) is 11.5. The van der Waals surface area contributed by atoms with Gasteiger partial charge < -0.3 is 5.32 Å². The van der Waals surface area contributed by atoms with Crippen LogP contribution in [0.2, 0.25) is 0 Å². The Morgan fingerprint density at radius 1 is 1.28 bits per heavy atom. The molecule has 18 heavy (non-hydrogen) atoms. The number of hydrogen-bond donors (Lipinski definition) is 1. The molecule has 0 aliphatic carbocycles. The SMILES string of the molecule is N#CCc1ccccc1NC(=O)c1cccnc1. The number of anilines is 1. The Balaban J connectivity index is 2.20. The Hall–Kier alpha value is -2.67. The highest BCUT2D eigenvalue weighted by atomic mass is 16.1. The Morgan fingerprint density at radius 2 is 2.11 bits per heavy atom. The van der Waals surface area contributed by atoms with E-state index in [1.807, 2.05) is 18.2 Å². The molecule has 0 radical (unpaired) electrons. The molecular formula is C14H11N3O. The van der Waals surface area contributed by atoms with Crippen molar-refractivity contribution in [1.82, 2.24) is 4.98 Å². The standard InChI is InChI=1S/C14H11N3O/c15-8-7-11-4-1-2-6-13(11)17-14(18)12-5-3-9-16-10-12/h1-6,9-10H,7H2,(H,17,18). The van der Waals surface area contributed by atoms with Gasteiger partial charge in [0.25, 0.3) is 5.91 Å². The Bertz CT molecular complexity index is 587. The maximum absolute atomic E-state index is 11.9. The van der Waals surface area contributed by atoms with Crippen molar-refractivity contribution < 1.29 is 4.79 Å². The van der Waals surface area contributed by atoms with Crippen LogP contribution < -0.4 is 5.32 Å². The first kappa shape index (κ1) is 11.8. The van der Waals surface area contributed by atoms with Gasteiger partial charge in [0.05, 0.1) is 18.1 Å². The van der Waals surface area contributed by atoms with Crippen molar-refractivity contribution in [2.75, 3.05) is 5.32 Å². The summed E-state index contributed by atoms with van der Waals surface area (Å²) >= 11 is 0. The van der Waals surface area contributed by atoms with Crippen molar-refractivity contribution in [2.45, 2.75) is 6.42 Å². The third kappa shape index (κ3) is 2.71. The summed E-state index contributed by atoms with van der Waals surface area (Å²) in [5.74, 6) is -0.228. The molecule has 0 aliphatic rings. The average Bonchev–Trinajstić information content (AvgIpc) is 2.42. The quantitative estimate of drug-likeness (QED) is 0.891. The summed E-state index contributed by atoms with van der Waals surface area (Å²) in [5.41, 5.74) is 1.95. The van der Waals surface area contributed by atoms with E-state index in [1.165, 1.54) is 6.20 Å². The van der Waals surface area contributed by atoms with Gasteiger partial charge in [-0.3, -0.25) is 9.78 Å². The highest BCUT2D eigenvalue weighted by Gasteiger charge is 2.08. The molecule has 4 nitrogen and oxygen atoms in total. The van der Waals surface area contributed by atoms with Gasteiger partial charge in [-0.15, -0.1) is 0 Å². The fraction of sp³-hybridized carbons (Fsp3) is 0.0714. The third-order valence-corrected chi connectivity index (χ3v) is 2.46.